The summed E-state index contributed by atoms with van der Waals surface area (Å²) in [5.41, 5.74) is 2.58. The summed E-state index contributed by atoms with van der Waals surface area (Å²) >= 11 is 0. The number of likely N-dealkylation sites (N-methyl/N-ethyl adjacent to an activating group) is 1. The maximum Gasteiger partial charge on any atom is 0.265 e. The Bertz CT molecular complexity index is 666. The van der Waals surface area contributed by atoms with Gasteiger partial charge in [-0.05, 0) is 57.5 Å². The van der Waals surface area contributed by atoms with Crippen molar-refractivity contribution >= 4 is 5.91 Å². The lowest BCUT2D eigenvalue weighted by molar-refractivity contribution is -0.128. The molecule has 0 radical (unpaired) electrons. The summed E-state index contributed by atoms with van der Waals surface area (Å²) in [6.45, 7) is 6.12. The molecule has 1 saturated heterocycles. The van der Waals surface area contributed by atoms with E-state index in [-0.39, 0.29) is 23.6 Å². The summed E-state index contributed by atoms with van der Waals surface area (Å²) in [5, 5.41) is 12.6. The second-order valence-electron chi connectivity index (χ2n) is 7.10. The van der Waals surface area contributed by atoms with Crippen LogP contribution in [0.2, 0.25) is 0 Å². The van der Waals surface area contributed by atoms with Crippen LogP contribution in [0.5, 0.6) is 0 Å². The minimum atomic E-state index is -0.205. The Labute approximate surface area is 157 Å². The number of carbonyl (C=O) groups excluding carboxylic acids is 1. The maximum absolute atomic E-state index is 12.7. The Morgan fingerprint density at radius 2 is 2.00 bits per heavy atom. The molecule has 0 bridgehead atoms. The minimum absolute atomic E-state index is 0.0330. The van der Waals surface area contributed by atoms with Gasteiger partial charge in [-0.25, -0.2) is 0 Å². The Morgan fingerprint density at radius 1 is 1.38 bits per heavy atom. The highest BCUT2D eigenvalue weighted by Crippen LogP contribution is 2.17. The zero-order valence-corrected chi connectivity index (χ0v) is 16.3. The van der Waals surface area contributed by atoms with Gasteiger partial charge in [0.2, 0.25) is 0 Å². The van der Waals surface area contributed by atoms with Gasteiger partial charge >= 0.3 is 0 Å². The number of carbonyl (C=O) groups is 1. The third-order valence-corrected chi connectivity index (χ3v) is 5.27. The van der Waals surface area contributed by atoms with Crippen LogP contribution in [0, 0.1) is 11.3 Å². The van der Waals surface area contributed by atoms with E-state index in [2.05, 4.69) is 54.5 Å². The Balaban J connectivity index is 1.99. The minimum Gasteiger partial charge on any atom is -0.383 e. The average molecular weight is 354 g/mol. The fraction of sp³-hybridized carbons (Fsp3) is 0.524. The number of nitriles is 1. The Kier molecular flexibility index (Phi) is 7.23. The molecule has 1 fully saturated rings. The van der Waals surface area contributed by atoms with Gasteiger partial charge in [-0.15, -0.1) is 0 Å². The first-order valence-electron chi connectivity index (χ1n) is 9.37. The molecular weight excluding hydrogens is 324 g/mol. The van der Waals surface area contributed by atoms with Gasteiger partial charge in [-0.3, -0.25) is 4.79 Å². The number of piperidine rings is 1. The summed E-state index contributed by atoms with van der Waals surface area (Å²) in [6.07, 6.45) is 4.47. The quantitative estimate of drug-likeness (QED) is 0.630. The van der Waals surface area contributed by atoms with Crippen LogP contribution in [-0.2, 0) is 11.2 Å². The molecule has 1 aromatic carbocycles. The zero-order chi connectivity index (χ0) is 19.1. The zero-order valence-electron chi connectivity index (χ0n) is 16.3. The molecule has 1 N–H and O–H groups in total. The highest BCUT2D eigenvalue weighted by molar-refractivity contribution is 5.97. The van der Waals surface area contributed by atoms with Crippen LogP contribution in [0.25, 0.3) is 0 Å². The molecule has 1 amide bonds. The molecule has 0 spiro atoms. The van der Waals surface area contributed by atoms with Crippen LogP contribution in [0.4, 0.5) is 0 Å². The highest BCUT2D eigenvalue weighted by atomic mass is 16.2. The van der Waals surface area contributed by atoms with Crippen molar-refractivity contribution in [2.75, 3.05) is 27.2 Å². The molecule has 0 aromatic heterocycles. The molecule has 1 aliphatic heterocycles. The molecule has 1 atom stereocenters. The first kappa shape index (κ1) is 20.0. The second kappa shape index (κ2) is 9.40. The van der Waals surface area contributed by atoms with Crippen molar-refractivity contribution < 1.29 is 4.79 Å². The number of hydrogen-bond donors (Lipinski definition) is 1. The lowest BCUT2D eigenvalue weighted by Gasteiger charge is -2.35. The fourth-order valence-corrected chi connectivity index (χ4v) is 3.23. The van der Waals surface area contributed by atoms with Crippen LogP contribution >= 0.6 is 0 Å². The molecule has 1 aliphatic rings. The van der Waals surface area contributed by atoms with Gasteiger partial charge < -0.3 is 15.1 Å². The van der Waals surface area contributed by atoms with Crippen molar-refractivity contribution in [2.24, 2.45) is 0 Å². The monoisotopic (exact) mass is 354 g/mol. The van der Waals surface area contributed by atoms with Crippen molar-refractivity contribution in [2.45, 2.75) is 45.2 Å². The predicted octanol–water partition coefficient (Wildman–Crippen LogP) is 2.86. The van der Waals surface area contributed by atoms with E-state index in [9.17, 15) is 10.1 Å². The standard InChI is InChI=1S/C21H30N4O/c1-5-17-6-8-18(9-7-17)16(2)23-15-19(14-22)21(26)25(4)20-10-12-24(3)13-11-20/h6-9,15-16,20,23H,5,10-13H2,1-4H3/b19-15-. The first-order valence-corrected chi connectivity index (χ1v) is 9.37. The van der Waals surface area contributed by atoms with Gasteiger partial charge in [-0.2, -0.15) is 5.26 Å². The molecule has 5 nitrogen and oxygen atoms in total. The third kappa shape index (κ3) is 5.09. The van der Waals surface area contributed by atoms with E-state index in [1.165, 1.54) is 5.56 Å². The highest BCUT2D eigenvalue weighted by Gasteiger charge is 2.26. The summed E-state index contributed by atoms with van der Waals surface area (Å²) in [5.74, 6) is -0.205. The van der Waals surface area contributed by atoms with Gasteiger partial charge in [0.05, 0.1) is 0 Å². The van der Waals surface area contributed by atoms with E-state index in [0.717, 1.165) is 37.9 Å². The number of aryl methyl sites for hydroxylation is 1. The van der Waals surface area contributed by atoms with Crippen molar-refractivity contribution in [3.8, 4) is 6.07 Å². The molecule has 0 saturated carbocycles. The molecule has 0 aliphatic carbocycles. The van der Waals surface area contributed by atoms with E-state index >= 15 is 0 Å². The third-order valence-electron chi connectivity index (χ3n) is 5.27. The summed E-state index contributed by atoms with van der Waals surface area (Å²) in [4.78, 5) is 16.7. The number of hydrogen-bond acceptors (Lipinski definition) is 4. The van der Waals surface area contributed by atoms with Crippen LogP contribution in [0.3, 0.4) is 0 Å². The van der Waals surface area contributed by atoms with Crippen molar-refractivity contribution in [1.82, 2.24) is 15.1 Å². The van der Waals surface area contributed by atoms with Crippen molar-refractivity contribution in [3.05, 3.63) is 47.2 Å². The molecule has 26 heavy (non-hydrogen) atoms. The van der Waals surface area contributed by atoms with Gasteiger partial charge in [0.15, 0.2) is 0 Å². The Morgan fingerprint density at radius 3 is 2.54 bits per heavy atom. The van der Waals surface area contributed by atoms with E-state index in [1.54, 1.807) is 18.1 Å². The van der Waals surface area contributed by atoms with E-state index < -0.39 is 0 Å². The van der Waals surface area contributed by atoms with Gasteiger partial charge in [0.25, 0.3) is 5.91 Å². The summed E-state index contributed by atoms with van der Waals surface area (Å²) in [7, 11) is 3.90. The number of rotatable bonds is 6. The number of benzene rings is 1. The summed E-state index contributed by atoms with van der Waals surface area (Å²) < 4.78 is 0. The van der Waals surface area contributed by atoms with E-state index in [1.807, 2.05) is 6.92 Å². The average Bonchev–Trinajstić information content (AvgIpc) is 2.68. The topological polar surface area (TPSA) is 59.4 Å². The van der Waals surface area contributed by atoms with Crippen molar-refractivity contribution in [1.29, 1.82) is 5.26 Å². The van der Waals surface area contributed by atoms with Gasteiger partial charge in [-0.1, -0.05) is 31.2 Å². The fourth-order valence-electron chi connectivity index (χ4n) is 3.23. The number of likely N-dealkylation sites (tertiary alicyclic amines) is 1. The van der Waals surface area contributed by atoms with Crippen molar-refractivity contribution in [3.63, 3.8) is 0 Å². The van der Waals surface area contributed by atoms with Gasteiger partial charge in [0, 0.05) is 25.3 Å². The molecular formula is C21H30N4O. The van der Waals surface area contributed by atoms with E-state index in [0.29, 0.717) is 0 Å². The molecule has 5 heteroatoms. The summed E-state index contributed by atoms with van der Waals surface area (Å²) in [6, 6.07) is 10.7. The SMILES string of the molecule is CCc1ccc(C(C)N/C=C(/C#N)C(=O)N(C)C2CCN(C)CC2)cc1. The first-order chi connectivity index (χ1) is 12.5. The van der Waals surface area contributed by atoms with Gasteiger partial charge in [0.1, 0.15) is 11.6 Å². The van der Waals surface area contributed by atoms with Crippen LogP contribution in [-0.4, -0.2) is 48.9 Å². The maximum atomic E-state index is 12.7. The molecule has 140 valence electrons. The normalized spacial score (nSPS) is 17.4. The molecule has 2 rings (SSSR count). The second-order valence-corrected chi connectivity index (χ2v) is 7.10. The van der Waals surface area contributed by atoms with Crippen LogP contribution in [0.15, 0.2) is 36.0 Å². The van der Waals surface area contributed by atoms with Crippen LogP contribution < -0.4 is 5.32 Å². The number of nitrogens with one attached hydrogen (secondary N) is 1. The molecule has 1 unspecified atom stereocenters. The lowest BCUT2D eigenvalue weighted by atomic mass is 10.0. The number of amides is 1. The van der Waals surface area contributed by atoms with E-state index in [4.69, 9.17) is 0 Å². The lowest BCUT2D eigenvalue weighted by Crippen LogP contribution is -2.45. The number of nitrogens with zero attached hydrogens (tertiary/aromatic N) is 3. The van der Waals surface area contributed by atoms with Crippen LogP contribution in [0.1, 0.15) is 43.9 Å². The Hall–Kier alpha value is -2.32. The molecule has 1 heterocycles. The largest absolute Gasteiger partial charge is 0.383 e. The predicted molar refractivity (Wildman–Crippen MR) is 104 cm³/mol. The molecule has 1 aromatic rings. The smallest absolute Gasteiger partial charge is 0.265 e.